The lowest BCUT2D eigenvalue weighted by Gasteiger charge is -2.21. The van der Waals surface area contributed by atoms with E-state index in [1.807, 2.05) is 6.07 Å². The zero-order valence-electron chi connectivity index (χ0n) is 19.0. The van der Waals surface area contributed by atoms with E-state index in [2.05, 4.69) is 5.32 Å². The molecule has 0 saturated heterocycles. The van der Waals surface area contributed by atoms with Gasteiger partial charge in [0.05, 0.1) is 24.6 Å². The van der Waals surface area contributed by atoms with Crippen molar-refractivity contribution in [3.05, 3.63) is 72.0 Å². The Morgan fingerprint density at radius 3 is 2.38 bits per heavy atom. The number of carbonyl (C=O) groups excluding carboxylic acids is 1. The molecule has 3 aromatic carbocycles. The van der Waals surface area contributed by atoms with Gasteiger partial charge in [0.25, 0.3) is 5.91 Å². The number of hydrogen-bond acceptors (Lipinski definition) is 5. The van der Waals surface area contributed by atoms with Crippen LogP contribution in [0.4, 0.5) is 10.1 Å². The lowest BCUT2D eigenvalue weighted by atomic mass is 9.98. The number of methoxy groups -OCH3 is 1. The highest BCUT2D eigenvalue weighted by atomic mass is 32.2. The van der Waals surface area contributed by atoms with E-state index in [9.17, 15) is 17.6 Å². The van der Waals surface area contributed by atoms with E-state index in [1.54, 1.807) is 37.4 Å². The number of fused-ring (bicyclic) bond motifs is 1. The van der Waals surface area contributed by atoms with Crippen molar-refractivity contribution in [1.29, 1.82) is 0 Å². The van der Waals surface area contributed by atoms with Crippen molar-refractivity contribution in [3.63, 3.8) is 0 Å². The highest BCUT2D eigenvalue weighted by molar-refractivity contribution is 7.92. The fourth-order valence-corrected chi connectivity index (χ4v) is 4.26. The fourth-order valence-electron chi connectivity index (χ4n) is 3.75. The number of anilines is 1. The molecule has 1 amide bonds. The summed E-state index contributed by atoms with van der Waals surface area (Å²) in [7, 11) is 0.882. The Hall–Kier alpha value is -3.85. The van der Waals surface area contributed by atoms with E-state index in [0.717, 1.165) is 10.6 Å². The van der Waals surface area contributed by atoms with Gasteiger partial charge >= 0.3 is 0 Å². The molecule has 0 saturated carbocycles. The minimum absolute atomic E-state index is 0.255. The molecule has 0 unspecified atom stereocenters. The van der Waals surface area contributed by atoms with Crippen LogP contribution in [-0.4, -0.2) is 41.8 Å². The van der Waals surface area contributed by atoms with Gasteiger partial charge in [0.15, 0.2) is 0 Å². The van der Waals surface area contributed by atoms with Crippen LogP contribution in [0.3, 0.4) is 0 Å². The molecule has 1 aromatic heterocycles. The summed E-state index contributed by atoms with van der Waals surface area (Å²) in [5.41, 5.74) is 2.72. The van der Waals surface area contributed by atoms with E-state index in [0.29, 0.717) is 39.1 Å². The van der Waals surface area contributed by atoms with Crippen molar-refractivity contribution >= 4 is 32.6 Å². The first-order valence-corrected chi connectivity index (χ1v) is 12.2. The molecule has 0 spiro atoms. The Bertz CT molecular complexity index is 1490. The van der Waals surface area contributed by atoms with Crippen LogP contribution in [0.5, 0.6) is 5.75 Å². The first-order valence-electron chi connectivity index (χ1n) is 10.3. The van der Waals surface area contributed by atoms with Gasteiger partial charge in [-0.05, 0) is 48.0 Å². The first kappa shape index (κ1) is 23.3. The quantitative estimate of drug-likeness (QED) is 0.432. The number of ether oxygens (including phenoxy) is 1. The predicted octanol–water partition coefficient (Wildman–Crippen LogP) is 4.67. The molecule has 34 heavy (non-hydrogen) atoms. The molecule has 4 rings (SSSR count). The SMILES string of the molecule is CNC(=O)c1c(-c2ccc(F)cc2)oc2cc(N(C)S(C)(=O)=O)c(-c3cccc(OC)c3)cc12. The minimum atomic E-state index is -3.61. The van der Waals surface area contributed by atoms with Gasteiger partial charge in [-0.1, -0.05) is 12.1 Å². The number of amides is 1. The summed E-state index contributed by atoms with van der Waals surface area (Å²) >= 11 is 0. The monoisotopic (exact) mass is 482 g/mol. The summed E-state index contributed by atoms with van der Waals surface area (Å²) in [6.45, 7) is 0. The van der Waals surface area contributed by atoms with E-state index in [4.69, 9.17) is 9.15 Å². The summed E-state index contributed by atoms with van der Waals surface area (Å²) in [4.78, 5) is 12.9. The standard InChI is InChI=1S/C25H23FN2O5S/c1-27-25(29)23-20-13-19(16-6-5-7-18(12-16)32-3)21(28(2)34(4,30)31)14-22(20)33-24(23)15-8-10-17(26)11-9-15/h5-14H,1-4H3,(H,27,29). The molecule has 1 heterocycles. The normalized spacial score (nSPS) is 11.4. The number of halogens is 1. The van der Waals surface area contributed by atoms with Crippen molar-refractivity contribution < 1.29 is 26.8 Å². The molecule has 0 bridgehead atoms. The molecular formula is C25H23FN2O5S. The molecule has 9 heteroatoms. The molecule has 0 aliphatic carbocycles. The van der Waals surface area contributed by atoms with Crippen molar-refractivity contribution in [3.8, 4) is 28.2 Å². The van der Waals surface area contributed by atoms with E-state index < -0.39 is 15.8 Å². The van der Waals surface area contributed by atoms with Gasteiger partial charge in [-0.15, -0.1) is 0 Å². The molecule has 0 aliphatic heterocycles. The molecule has 1 N–H and O–H groups in total. The van der Waals surface area contributed by atoms with Crippen molar-refractivity contribution in [2.75, 3.05) is 31.8 Å². The van der Waals surface area contributed by atoms with Crippen molar-refractivity contribution in [2.24, 2.45) is 0 Å². The summed E-state index contributed by atoms with van der Waals surface area (Å²) in [6, 6.07) is 16.1. The van der Waals surface area contributed by atoms with Gasteiger partial charge in [-0.3, -0.25) is 9.10 Å². The van der Waals surface area contributed by atoms with Gasteiger partial charge in [0.2, 0.25) is 10.0 Å². The summed E-state index contributed by atoms with van der Waals surface area (Å²) in [5.74, 6) is 0.0407. The van der Waals surface area contributed by atoms with Crippen LogP contribution in [-0.2, 0) is 10.0 Å². The maximum absolute atomic E-state index is 13.5. The number of benzene rings is 3. The van der Waals surface area contributed by atoms with Crippen LogP contribution in [0, 0.1) is 5.82 Å². The number of hydrogen-bond donors (Lipinski definition) is 1. The van der Waals surface area contributed by atoms with Crippen LogP contribution < -0.4 is 14.4 Å². The first-order chi connectivity index (χ1) is 16.1. The maximum Gasteiger partial charge on any atom is 0.255 e. The zero-order chi connectivity index (χ0) is 24.6. The largest absolute Gasteiger partial charge is 0.497 e. The summed E-state index contributed by atoms with van der Waals surface area (Å²) < 4.78 is 50.9. The van der Waals surface area contributed by atoms with Gasteiger partial charge in [0, 0.05) is 36.7 Å². The third-order valence-corrected chi connectivity index (χ3v) is 6.78. The maximum atomic E-state index is 13.5. The molecule has 176 valence electrons. The average molecular weight is 483 g/mol. The van der Waals surface area contributed by atoms with Crippen LogP contribution in [0.25, 0.3) is 33.4 Å². The number of rotatable bonds is 6. The smallest absolute Gasteiger partial charge is 0.255 e. The van der Waals surface area contributed by atoms with E-state index in [-0.39, 0.29) is 17.2 Å². The molecule has 0 fully saturated rings. The Balaban J connectivity index is 2.08. The fraction of sp³-hybridized carbons (Fsp3) is 0.160. The third-order valence-electron chi connectivity index (χ3n) is 5.58. The Kier molecular flexibility index (Phi) is 6.05. The molecule has 0 radical (unpaired) electrons. The van der Waals surface area contributed by atoms with Crippen LogP contribution in [0.1, 0.15) is 10.4 Å². The number of nitrogens with one attached hydrogen (secondary N) is 1. The van der Waals surface area contributed by atoms with Gasteiger partial charge in [-0.2, -0.15) is 0 Å². The van der Waals surface area contributed by atoms with E-state index >= 15 is 0 Å². The van der Waals surface area contributed by atoms with Gasteiger partial charge in [-0.25, -0.2) is 12.8 Å². The Morgan fingerprint density at radius 2 is 1.76 bits per heavy atom. The molecule has 4 aromatic rings. The van der Waals surface area contributed by atoms with Crippen LogP contribution in [0.15, 0.2) is 65.1 Å². The van der Waals surface area contributed by atoms with Crippen molar-refractivity contribution in [2.45, 2.75) is 0 Å². The average Bonchev–Trinajstić information content (AvgIpc) is 3.20. The second kappa shape index (κ2) is 8.83. The topological polar surface area (TPSA) is 88.9 Å². The highest BCUT2D eigenvalue weighted by Crippen LogP contribution is 2.41. The van der Waals surface area contributed by atoms with Crippen LogP contribution >= 0.6 is 0 Å². The predicted molar refractivity (Wildman–Crippen MR) is 130 cm³/mol. The molecular weight excluding hydrogens is 459 g/mol. The lowest BCUT2D eigenvalue weighted by Crippen LogP contribution is -2.25. The number of furan rings is 1. The second-order valence-electron chi connectivity index (χ2n) is 7.72. The van der Waals surface area contributed by atoms with Crippen molar-refractivity contribution in [1.82, 2.24) is 5.32 Å². The summed E-state index contributed by atoms with van der Waals surface area (Å²) in [6.07, 6.45) is 1.11. The van der Waals surface area contributed by atoms with Crippen LogP contribution in [0.2, 0.25) is 0 Å². The van der Waals surface area contributed by atoms with Gasteiger partial charge < -0.3 is 14.5 Å². The third kappa shape index (κ3) is 4.22. The minimum Gasteiger partial charge on any atom is -0.497 e. The molecule has 7 nitrogen and oxygen atoms in total. The van der Waals surface area contributed by atoms with Gasteiger partial charge in [0.1, 0.15) is 22.9 Å². The highest BCUT2D eigenvalue weighted by Gasteiger charge is 2.26. The van der Waals surface area contributed by atoms with E-state index in [1.165, 1.54) is 38.4 Å². The summed E-state index contributed by atoms with van der Waals surface area (Å²) in [5, 5.41) is 3.11. The number of nitrogens with zero attached hydrogens (tertiary/aromatic N) is 1. The number of carbonyl (C=O) groups is 1. The molecule has 0 aliphatic rings. The lowest BCUT2D eigenvalue weighted by molar-refractivity contribution is 0.0964. The second-order valence-corrected chi connectivity index (χ2v) is 9.73. The Morgan fingerprint density at radius 1 is 1.06 bits per heavy atom. The molecule has 0 atom stereocenters. The number of sulfonamides is 1. The Labute approximate surface area is 196 Å². The zero-order valence-corrected chi connectivity index (χ0v) is 19.9.